The number of rotatable bonds is 2. The Morgan fingerprint density at radius 1 is 0.850 bits per heavy atom. The molecular weight excluding hydrogens is 248 g/mol. The highest BCUT2D eigenvalue weighted by molar-refractivity contribution is 5.22. The summed E-state index contributed by atoms with van der Waals surface area (Å²) in [6.45, 7) is 6.19. The van der Waals surface area contributed by atoms with Crippen LogP contribution >= 0.6 is 0 Å². The highest BCUT2D eigenvalue weighted by atomic mass is 16.7. The van der Waals surface area contributed by atoms with Crippen LogP contribution in [0.1, 0.15) is 50.0 Å². The van der Waals surface area contributed by atoms with Gasteiger partial charge in [0.2, 0.25) is 0 Å². The molecule has 1 aromatic rings. The lowest BCUT2D eigenvalue weighted by Crippen LogP contribution is -2.34. The summed E-state index contributed by atoms with van der Waals surface area (Å²) in [5, 5.41) is 0. The Bertz CT molecular complexity index is 410. The van der Waals surface area contributed by atoms with Gasteiger partial charge in [-0.25, -0.2) is 0 Å². The Labute approximate surface area is 122 Å². The summed E-state index contributed by atoms with van der Waals surface area (Å²) in [5.74, 6) is 2.33. The molecule has 0 unspecified atom stereocenters. The monoisotopic (exact) mass is 274 g/mol. The van der Waals surface area contributed by atoms with Crippen LogP contribution < -0.4 is 0 Å². The molecule has 1 saturated heterocycles. The van der Waals surface area contributed by atoms with Crippen molar-refractivity contribution in [1.29, 1.82) is 0 Å². The number of benzene rings is 1. The molecule has 2 nitrogen and oxygen atoms in total. The average molecular weight is 274 g/mol. The predicted molar refractivity (Wildman–Crippen MR) is 80.4 cm³/mol. The molecule has 2 heteroatoms. The first-order valence-corrected chi connectivity index (χ1v) is 8.02. The summed E-state index contributed by atoms with van der Waals surface area (Å²) >= 11 is 0. The van der Waals surface area contributed by atoms with Crippen LogP contribution in [-0.2, 0) is 9.47 Å². The van der Waals surface area contributed by atoms with E-state index in [0.717, 1.165) is 30.6 Å². The fourth-order valence-corrected chi connectivity index (χ4v) is 3.46. The third-order valence-electron chi connectivity index (χ3n) is 5.00. The zero-order chi connectivity index (χ0) is 13.9. The number of hydrogen-bond donors (Lipinski definition) is 0. The zero-order valence-corrected chi connectivity index (χ0v) is 12.7. The SMILES string of the molecule is Cc1ccc(C2OCC(C3CCC(C)CC3)CO2)cc1. The summed E-state index contributed by atoms with van der Waals surface area (Å²) in [6, 6.07) is 8.47. The minimum absolute atomic E-state index is 0.158. The second-order valence-corrected chi connectivity index (χ2v) is 6.69. The Morgan fingerprint density at radius 3 is 2.05 bits per heavy atom. The third-order valence-corrected chi connectivity index (χ3v) is 5.00. The standard InChI is InChI=1S/C18H26O2/c1-13-3-7-15(8-4-13)17-11-19-18(20-12-17)16-9-5-14(2)6-10-16/h5-6,9-10,13,15,17-18H,3-4,7-8,11-12H2,1-2H3. The molecule has 3 rings (SSSR count). The van der Waals surface area contributed by atoms with Gasteiger partial charge in [-0.3, -0.25) is 0 Å². The van der Waals surface area contributed by atoms with Crippen molar-refractivity contribution in [3.63, 3.8) is 0 Å². The number of aryl methyl sites for hydroxylation is 1. The van der Waals surface area contributed by atoms with Gasteiger partial charge in [0.25, 0.3) is 0 Å². The molecule has 1 saturated carbocycles. The van der Waals surface area contributed by atoms with Gasteiger partial charge in [0.15, 0.2) is 6.29 Å². The van der Waals surface area contributed by atoms with E-state index in [1.165, 1.54) is 31.2 Å². The van der Waals surface area contributed by atoms with Gasteiger partial charge >= 0.3 is 0 Å². The fraction of sp³-hybridized carbons (Fsp3) is 0.667. The average Bonchev–Trinajstić information content (AvgIpc) is 2.49. The molecule has 110 valence electrons. The third kappa shape index (κ3) is 3.24. The van der Waals surface area contributed by atoms with E-state index in [-0.39, 0.29) is 6.29 Å². The lowest BCUT2D eigenvalue weighted by atomic mass is 9.76. The van der Waals surface area contributed by atoms with Crippen LogP contribution in [0.3, 0.4) is 0 Å². The molecule has 0 radical (unpaired) electrons. The molecule has 1 heterocycles. The first kappa shape index (κ1) is 14.1. The summed E-state index contributed by atoms with van der Waals surface area (Å²) in [4.78, 5) is 0. The molecule has 1 aliphatic carbocycles. The van der Waals surface area contributed by atoms with Crippen LogP contribution in [0.25, 0.3) is 0 Å². The Balaban J connectivity index is 1.53. The zero-order valence-electron chi connectivity index (χ0n) is 12.7. The molecule has 1 aliphatic heterocycles. The van der Waals surface area contributed by atoms with Gasteiger partial charge in [-0.05, 0) is 31.6 Å². The lowest BCUT2D eigenvalue weighted by Gasteiger charge is -2.37. The molecule has 0 N–H and O–H groups in total. The molecule has 20 heavy (non-hydrogen) atoms. The minimum atomic E-state index is -0.158. The highest BCUT2D eigenvalue weighted by Crippen LogP contribution is 2.37. The van der Waals surface area contributed by atoms with Gasteiger partial charge in [-0.2, -0.15) is 0 Å². The maximum Gasteiger partial charge on any atom is 0.183 e. The van der Waals surface area contributed by atoms with Crippen LogP contribution in [0.4, 0.5) is 0 Å². The molecule has 0 spiro atoms. The molecule has 0 amide bonds. The second-order valence-electron chi connectivity index (χ2n) is 6.69. The van der Waals surface area contributed by atoms with E-state index < -0.39 is 0 Å². The topological polar surface area (TPSA) is 18.5 Å². The van der Waals surface area contributed by atoms with Crippen LogP contribution in [0.5, 0.6) is 0 Å². The van der Waals surface area contributed by atoms with Crippen molar-refractivity contribution in [3.05, 3.63) is 35.4 Å². The van der Waals surface area contributed by atoms with Gasteiger partial charge in [0.1, 0.15) is 0 Å². The van der Waals surface area contributed by atoms with Crippen molar-refractivity contribution in [2.24, 2.45) is 17.8 Å². The summed E-state index contributed by atoms with van der Waals surface area (Å²) in [6.07, 6.45) is 5.31. The Hall–Kier alpha value is -0.860. The highest BCUT2D eigenvalue weighted by Gasteiger charge is 2.31. The van der Waals surface area contributed by atoms with Gasteiger partial charge in [-0.1, -0.05) is 49.6 Å². The van der Waals surface area contributed by atoms with Crippen LogP contribution in [0.15, 0.2) is 24.3 Å². The summed E-state index contributed by atoms with van der Waals surface area (Å²) in [7, 11) is 0. The van der Waals surface area contributed by atoms with Gasteiger partial charge < -0.3 is 9.47 Å². The van der Waals surface area contributed by atoms with Crippen molar-refractivity contribution in [2.45, 2.75) is 45.8 Å². The van der Waals surface area contributed by atoms with Crippen molar-refractivity contribution < 1.29 is 9.47 Å². The quantitative estimate of drug-likeness (QED) is 0.791. The normalized spacial score (nSPS) is 34.9. The van der Waals surface area contributed by atoms with Crippen molar-refractivity contribution >= 4 is 0 Å². The molecule has 0 bridgehead atoms. The van der Waals surface area contributed by atoms with Gasteiger partial charge in [0.05, 0.1) is 13.2 Å². The second kappa shape index (κ2) is 6.28. The minimum Gasteiger partial charge on any atom is -0.348 e. The van der Waals surface area contributed by atoms with Crippen LogP contribution in [0, 0.1) is 24.7 Å². The summed E-state index contributed by atoms with van der Waals surface area (Å²) < 4.78 is 11.9. The molecule has 1 aromatic carbocycles. The molecule has 0 atom stereocenters. The van der Waals surface area contributed by atoms with E-state index in [9.17, 15) is 0 Å². The van der Waals surface area contributed by atoms with E-state index in [1.807, 2.05) is 0 Å². The van der Waals surface area contributed by atoms with Crippen molar-refractivity contribution in [1.82, 2.24) is 0 Å². The number of ether oxygens (including phenoxy) is 2. The summed E-state index contributed by atoms with van der Waals surface area (Å²) in [5.41, 5.74) is 2.42. The molecule has 2 fully saturated rings. The van der Waals surface area contributed by atoms with Gasteiger partial charge in [-0.15, -0.1) is 0 Å². The van der Waals surface area contributed by atoms with E-state index in [4.69, 9.17) is 9.47 Å². The van der Waals surface area contributed by atoms with E-state index >= 15 is 0 Å². The number of hydrogen-bond acceptors (Lipinski definition) is 2. The fourth-order valence-electron chi connectivity index (χ4n) is 3.46. The van der Waals surface area contributed by atoms with E-state index in [2.05, 4.69) is 38.1 Å². The van der Waals surface area contributed by atoms with Crippen LogP contribution in [0.2, 0.25) is 0 Å². The Morgan fingerprint density at radius 2 is 1.45 bits per heavy atom. The van der Waals surface area contributed by atoms with Crippen molar-refractivity contribution in [3.8, 4) is 0 Å². The predicted octanol–water partition coefficient (Wildman–Crippen LogP) is 4.48. The lowest BCUT2D eigenvalue weighted by molar-refractivity contribution is -0.214. The van der Waals surface area contributed by atoms with E-state index in [0.29, 0.717) is 5.92 Å². The van der Waals surface area contributed by atoms with Gasteiger partial charge in [0, 0.05) is 11.5 Å². The van der Waals surface area contributed by atoms with E-state index in [1.54, 1.807) is 0 Å². The molecule has 0 aromatic heterocycles. The smallest absolute Gasteiger partial charge is 0.183 e. The maximum absolute atomic E-state index is 5.97. The first-order valence-electron chi connectivity index (χ1n) is 8.02. The largest absolute Gasteiger partial charge is 0.348 e. The molecule has 2 aliphatic rings. The molecular formula is C18H26O2. The maximum atomic E-state index is 5.97. The van der Waals surface area contributed by atoms with Crippen LogP contribution in [-0.4, -0.2) is 13.2 Å². The van der Waals surface area contributed by atoms with Crippen molar-refractivity contribution in [2.75, 3.05) is 13.2 Å². The Kier molecular flexibility index (Phi) is 4.42. The first-order chi connectivity index (χ1) is 9.72.